The highest BCUT2D eigenvalue weighted by atomic mass is 16.6. The maximum Gasteiger partial charge on any atom is 0.164 e. The minimum absolute atomic E-state index is 0.318. The Hall–Kier alpha value is -2.51. The molecule has 1 aliphatic rings. The van der Waals surface area contributed by atoms with E-state index in [4.69, 9.17) is 4.74 Å². The van der Waals surface area contributed by atoms with E-state index in [-0.39, 0.29) is 0 Å². The fourth-order valence-corrected chi connectivity index (χ4v) is 2.96. The molecule has 9 heteroatoms. The van der Waals surface area contributed by atoms with Gasteiger partial charge in [-0.05, 0) is 13.8 Å². The van der Waals surface area contributed by atoms with E-state index < -0.39 is 31.1 Å². The number of allylic oxidation sites excluding steroid dienone is 1. The lowest BCUT2D eigenvalue weighted by molar-refractivity contribution is -0.0508. The van der Waals surface area contributed by atoms with E-state index in [1.165, 1.54) is 17.1 Å². The molecule has 1 fully saturated rings. The van der Waals surface area contributed by atoms with E-state index in [0.717, 1.165) is 5.57 Å². The van der Waals surface area contributed by atoms with Gasteiger partial charge in [0.25, 0.3) is 0 Å². The Labute approximate surface area is 150 Å². The van der Waals surface area contributed by atoms with Gasteiger partial charge in [0, 0.05) is 12.7 Å². The lowest BCUT2D eigenvalue weighted by Crippen LogP contribution is -2.33. The smallest absolute Gasteiger partial charge is 0.164 e. The van der Waals surface area contributed by atoms with Crippen molar-refractivity contribution in [3.05, 3.63) is 29.7 Å². The van der Waals surface area contributed by atoms with Crippen molar-refractivity contribution in [1.29, 1.82) is 5.26 Å². The van der Waals surface area contributed by atoms with Gasteiger partial charge in [0.15, 0.2) is 6.23 Å². The van der Waals surface area contributed by atoms with Crippen molar-refractivity contribution in [3.63, 3.8) is 0 Å². The molecular formula is C17H21N5O4. The molecule has 0 spiro atoms. The first-order valence-electron chi connectivity index (χ1n) is 8.23. The van der Waals surface area contributed by atoms with Crippen LogP contribution in [-0.4, -0.2) is 61.3 Å². The van der Waals surface area contributed by atoms with E-state index in [1.807, 2.05) is 19.9 Å². The first-order valence-corrected chi connectivity index (χ1v) is 8.23. The minimum Gasteiger partial charge on any atom is -0.394 e. The van der Waals surface area contributed by atoms with E-state index in [2.05, 4.69) is 21.4 Å². The van der Waals surface area contributed by atoms with Gasteiger partial charge in [0.05, 0.1) is 17.6 Å². The molecule has 0 amide bonds. The van der Waals surface area contributed by atoms with Crippen LogP contribution in [0, 0.1) is 11.3 Å². The van der Waals surface area contributed by atoms with Gasteiger partial charge < -0.3 is 29.9 Å². The van der Waals surface area contributed by atoms with E-state index in [0.29, 0.717) is 29.0 Å². The van der Waals surface area contributed by atoms with Crippen LogP contribution in [0.25, 0.3) is 11.0 Å². The van der Waals surface area contributed by atoms with Gasteiger partial charge in [-0.3, -0.25) is 0 Å². The van der Waals surface area contributed by atoms with Gasteiger partial charge in [0.1, 0.15) is 42.2 Å². The number of aromatic nitrogens is 3. The van der Waals surface area contributed by atoms with Gasteiger partial charge in [-0.25, -0.2) is 9.97 Å². The van der Waals surface area contributed by atoms with Crippen LogP contribution in [0.1, 0.15) is 25.6 Å². The Morgan fingerprint density at radius 1 is 1.38 bits per heavy atom. The summed E-state index contributed by atoms with van der Waals surface area (Å²) < 4.78 is 7.04. The van der Waals surface area contributed by atoms with Crippen LogP contribution in [0.3, 0.4) is 0 Å². The topological polar surface area (TPSA) is 136 Å². The van der Waals surface area contributed by atoms with Gasteiger partial charge in [-0.1, -0.05) is 11.6 Å². The average molecular weight is 359 g/mol. The quantitative estimate of drug-likeness (QED) is 0.559. The molecule has 4 N–H and O–H groups in total. The highest BCUT2D eigenvalue weighted by Crippen LogP contribution is 2.34. The summed E-state index contributed by atoms with van der Waals surface area (Å²) in [4.78, 5) is 8.43. The molecule has 2 aromatic heterocycles. The third kappa shape index (κ3) is 3.15. The standard InChI is InChI=1S/C17H21N5O4/c1-9(2)3-4-19-15-12-10(5-18)6-22(16(12)21-8-20-15)17-14(25)13(24)11(7-23)26-17/h3,6,8,11,13-14,17,23-25H,4,7H2,1-2H3,(H,19,20,21)/t11-,13+,14-,17+/m0/s1. The Bertz CT molecular complexity index is 868. The molecule has 0 bridgehead atoms. The summed E-state index contributed by atoms with van der Waals surface area (Å²) in [5.41, 5.74) is 1.86. The predicted molar refractivity (Wildman–Crippen MR) is 93.2 cm³/mol. The Morgan fingerprint density at radius 3 is 2.77 bits per heavy atom. The first-order chi connectivity index (χ1) is 12.5. The van der Waals surface area contributed by atoms with Crippen LogP contribution in [-0.2, 0) is 4.74 Å². The summed E-state index contributed by atoms with van der Waals surface area (Å²) in [5, 5.41) is 42.7. The average Bonchev–Trinajstić information content (AvgIpc) is 3.13. The van der Waals surface area contributed by atoms with E-state index in [9.17, 15) is 20.6 Å². The summed E-state index contributed by atoms with van der Waals surface area (Å²) in [6, 6.07) is 2.10. The molecule has 3 rings (SSSR count). The molecule has 0 unspecified atom stereocenters. The zero-order valence-electron chi connectivity index (χ0n) is 14.5. The fourth-order valence-electron chi connectivity index (χ4n) is 2.96. The molecular weight excluding hydrogens is 338 g/mol. The van der Waals surface area contributed by atoms with Crippen molar-refractivity contribution in [2.24, 2.45) is 0 Å². The number of hydrogen-bond donors (Lipinski definition) is 4. The largest absolute Gasteiger partial charge is 0.394 e. The molecule has 0 saturated carbocycles. The maximum atomic E-state index is 10.3. The second-order valence-electron chi connectivity index (χ2n) is 6.37. The van der Waals surface area contributed by atoms with E-state index >= 15 is 0 Å². The third-order valence-electron chi connectivity index (χ3n) is 4.30. The number of rotatable bonds is 5. The second kappa shape index (κ2) is 7.39. The lowest BCUT2D eigenvalue weighted by atomic mass is 10.1. The van der Waals surface area contributed by atoms with Crippen LogP contribution >= 0.6 is 0 Å². The number of fused-ring (bicyclic) bond motifs is 1. The Balaban J connectivity index is 2.04. The zero-order chi connectivity index (χ0) is 18.8. The maximum absolute atomic E-state index is 10.3. The number of aliphatic hydroxyl groups excluding tert-OH is 3. The van der Waals surface area contributed by atoms with Gasteiger partial charge in [0.2, 0.25) is 0 Å². The second-order valence-corrected chi connectivity index (χ2v) is 6.37. The van der Waals surface area contributed by atoms with Crippen molar-refractivity contribution in [1.82, 2.24) is 14.5 Å². The summed E-state index contributed by atoms with van der Waals surface area (Å²) >= 11 is 0. The molecule has 0 radical (unpaired) electrons. The molecule has 0 aliphatic carbocycles. The van der Waals surface area contributed by atoms with Crippen LogP contribution < -0.4 is 5.32 Å². The number of hydrogen-bond acceptors (Lipinski definition) is 8. The van der Waals surface area contributed by atoms with Crippen molar-refractivity contribution >= 4 is 16.9 Å². The molecule has 138 valence electrons. The van der Waals surface area contributed by atoms with Crippen LogP contribution in [0.5, 0.6) is 0 Å². The van der Waals surface area contributed by atoms with Gasteiger partial charge >= 0.3 is 0 Å². The Kier molecular flexibility index (Phi) is 5.20. The van der Waals surface area contributed by atoms with Gasteiger partial charge in [-0.2, -0.15) is 5.26 Å². The van der Waals surface area contributed by atoms with Crippen molar-refractivity contribution in [2.75, 3.05) is 18.5 Å². The highest BCUT2D eigenvalue weighted by molar-refractivity contribution is 5.93. The molecule has 9 nitrogen and oxygen atoms in total. The summed E-state index contributed by atoms with van der Waals surface area (Å²) in [7, 11) is 0. The van der Waals surface area contributed by atoms with E-state index in [1.54, 1.807) is 0 Å². The zero-order valence-corrected chi connectivity index (χ0v) is 14.5. The molecule has 1 saturated heterocycles. The summed E-state index contributed by atoms with van der Waals surface area (Å²) in [6.07, 6.45) is 0.486. The summed E-state index contributed by atoms with van der Waals surface area (Å²) in [6.45, 7) is 4.08. The fraction of sp³-hybridized carbons (Fsp3) is 0.471. The van der Waals surface area contributed by atoms with Crippen molar-refractivity contribution in [3.8, 4) is 6.07 Å². The molecule has 3 heterocycles. The van der Waals surface area contributed by atoms with Gasteiger partial charge in [-0.15, -0.1) is 0 Å². The minimum atomic E-state index is -1.26. The molecule has 2 aromatic rings. The molecule has 4 atom stereocenters. The third-order valence-corrected chi connectivity index (χ3v) is 4.30. The summed E-state index contributed by atoms with van der Waals surface area (Å²) in [5.74, 6) is 0.495. The molecule has 0 aromatic carbocycles. The van der Waals surface area contributed by atoms with Crippen molar-refractivity contribution < 1.29 is 20.1 Å². The highest BCUT2D eigenvalue weighted by Gasteiger charge is 2.44. The van der Waals surface area contributed by atoms with Crippen molar-refractivity contribution in [2.45, 2.75) is 38.4 Å². The normalized spacial score (nSPS) is 25.2. The van der Waals surface area contributed by atoms with Crippen LogP contribution in [0.4, 0.5) is 5.82 Å². The predicted octanol–water partition coefficient (Wildman–Crippen LogP) is 0.293. The number of nitrogens with zero attached hydrogens (tertiary/aromatic N) is 4. The lowest BCUT2D eigenvalue weighted by Gasteiger charge is -2.17. The monoisotopic (exact) mass is 359 g/mol. The number of aliphatic hydroxyl groups is 3. The molecule has 1 aliphatic heterocycles. The first kappa shape index (κ1) is 18.3. The SMILES string of the molecule is CC(C)=CCNc1ncnc2c1c(C#N)cn2[C@@H]1O[C@@H](CO)[C@@H](O)[C@@H]1O. The van der Waals surface area contributed by atoms with Crippen LogP contribution in [0.15, 0.2) is 24.2 Å². The number of nitriles is 1. The number of nitrogens with one attached hydrogen (secondary N) is 1. The van der Waals surface area contributed by atoms with Crippen LogP contribution in [0.2, 0.25) is 0 Å². The Morgan fingerprint density at radius 2 is 2.15 bits per heavy atom. The number of ether oxygens (including phenoxy) is 1. The number of anilines is 1. The molecule has 26 heavy (non-hydrogen) atoms.